The number of thioether (sulfide) groups is 1. The molecule has 0 N–H and O–H groups in total. The maximum absolute atomic E-state index is 12.4. The summed E-state index contributed by atoms with van der Waals surface area (Å²) in [4.78, 5) is 17.8. The van der Waals surface area contributed by atoms with E-state index in [1.807, 2.05) is 23.1 Å². The zero-order chi connectivity index (χ0) is 18.2. The summed E-state index contributed by atoms with van der Waals surface area (Å²) in [5, 5.41) is 2.67. The Kier molecular flexibility index (Phi) is 5.18. The molecule has 4 unspecified atom stereocenters. The Bertz CT molecular complexity index is 836. The average Bonchev–Trinajstić information content (AvgIpc) is 3.50. The van der Waals surface area contributed by atoms with E-state index in [1.165, 1.54) is 38.8 Å². The van der Waals surface area contributed by atoms with Gasteiger partial charge in [-0.1, -0.05) is 18.6 Å². The van der Waals surface area contributed by atoms with Gasteiger partial charge in [-0.25, -0.2) is 0 Å². The number of rotatable bonds is 6. The molecule has 0 radical (unpaired) electrons. The molecule has 0 saturated heterocycles. The lowest BCUT2D eigenvalue weighted by atomic mass is 9.89. The third-order valence-corrected chi connectivity index (χ3v) is 9.91. The molecule has 2 fully saturated rings. The molecule has 27 heavy (non-hydrogen) atoms. The van der Waals surface area contributed by atoms with Gasteiger partial charge in [0, 0.05) is 24.8 Å². The second-order valence-corrected chi connectivity index (χ2v) is 11.3. The normalized spacial score (nSPS) is 29.3. The Morgan fingerprint density at radius 2 is 2.04 bits per heavy atom. The number of carbonyl (C=O) groups excluding carboxylic acids is 1. The molecule has 0 aromatic carbocycles. The molecule has 142 valence electrons. The van der Waals surface area contributed by atoms with Crippen molar-refractivity contribution in [1.29, 1.82) is 0 Å². The van der Waals surface area contributed by atoms with Crippen molar-refractivity contribution in [3.05, 3.63) is 40.6 Å². The molecule has 0 amide bonds. The van der Waals surface area contributed by atoms with Crippen LogP contribution in [0.3, 0.4) is 0 Å². The van der Waals surface area contributed by atoms with Gasteiger partial charge in [-0.2, -0.15) is 0 Å². The summed E-state index contributed by atoms with van der Waals surface area (Å²) in [7, 11) is 0. The van der Waals surface area contributed by atoms with Crippen LogP contribution in [0.2, 0.25) is 0 Å². The summed E-state index contributed by atoms with van der Waals surface area (Å²) in [5.74, 6) is 1.70. The highest BCUT2D eigenvalue weighted by atomic mass is 32.2. The number of hydrogen-bond donors (Lipinski definition) is 0. The first-order chi connectivity index (χ1) is 13.3. The predicted octanol–water partition coefficient (Wildman–Crippen LogP) is 6.69. The number of thiophene rings is 2. The van der Waals surface area contributed by atoms with Crippen LogP contribution in [0.4, 0.5) is 0 Å². The molecule has 5 heteroatoms. The zero-order valence-corrected chi connectivity index (χ0v) is 17.7. The van der Waals surface area contributed by atoms with Crippen LogP contribution in [0, 0.1) is 17.8 Å². The van der Waals surface area contributed by atoms with E-state index < -0.39 is 0 Å². The minimum Gasteiger partial charge on any atom is -0.465 e. The fourth-order valence-electron chi connectivity index (χ4n) is 4.80. The fourth-order valence-corrected chi connectivity index (χ4v) is 7.99. The Morgan fingerprint density at radius 1 is 1.11 bits per heavy atom. The standard InChI is InChI=1S/C22H24O2S3/c23-22(17-13-14-3-4-15(17)12-14)24-10-9-16-5-6-20(26-16)21-8-7-19(27-21)18-2-1-11-25-18/h1-2,6-8,11,14-17H,3-5,9-10,12-13H2. The average molecular weight is 417 g/mol. The second kappa shape index (κ2) is 7.76. The summed E-state index contributed by atoms with van der Waals surface area (Å²) in [6.07, 6.45) is 9.32. The number of allylic oxidation sites excluding steroid dienone is 1. The van der Waals surface area contributed by atoms with Crippen molar-refractivity contribution in [3.8, 4) is 9.75 Å². The largest absolute Gasteiger partial charge is 0.465 e. The first kappa shape index (κ1) is 18.0. The molecule has 2 aromatic heterocycles. The number of hydrogen-bond acceptors (Lipinski definition) is 5. The first-order valence-electron chi connectivity index (χ1n) is 9.94. The van der Waals surface area contributed by atoms with Crippen LogP contribution in [0.1, 0.15) is 43.4 Å². The molecular formula is C22H24O2S3. The molecule has 4 atom stereocenters. The molecule has 5 rings (SSSR count). The highest BCUT2D eigenvalue weighted by Crippen LogP contribution is 2.49. The quantitative estimate of drug-likeness (QED) is 0.491. The Labute approximate surface area is 173 Å². The number of fused-ring (bicyclic) bond motifs is 2. The maximum Gasteiger partial charge on any atom is 0.309 e. The van der Waals surface area contributed by atoms with Crippen LogP contribution in [-0.4, -0.2) is 17.8 Å². The van der Waals surface area contributed by atoms with E-state index in [0.717, 1.165) is 25.2 Å². The highest BCUT2D eigenvalue weighted by Gasteiger charge is 2.43. The summed E-state index contributed by atoms with van der Waals surface area (Å²) >= 11 is 5.63. The van der Waals surface area contributed by atoms with Crippen molar-refractivity contribution in [3.63, 3.8) is 0 Å². The monoisotopic (exact) mass is 416 g/mol. The van der Waals surface area contributed by atoms with Crippen molar-refractivity contribution in [2.45, 2.75) is 43.8 Å². The van der Waals surface area contributed by atoms with Crippen LogP contribution < -0.4 is 0 Å². The molecule has 2 aromatic rings. The lowest BCUT2D eigenvalue weighted by Crippen LogP contribution is -2.24. The molecule has 2 bridgehead atoms. The van der Waals surface area contributed by atoms with E-state index >= 15 is 0 Å². The van der Waals surface area contributed by atoms with Crippen molar-refractivity contribution in [1.82, 2.24) is 0 Å². The highest BCUT2D eigenvalue weighted by molar-refractivity contribution is 8.09. The van der Waals surface area contributed by atoms with Gasteiger partial charge in [0.25, 0.3) is 0 Å². The van der Waals surface area contributed by atoms with Crippen molar-refractivity contribution < 1.29 is 9.53 Å². The van der Waals surface area contributed by atoms with E-state index in [2.05, 4.69) is 35.7 Å². The minimum absolute atomic E-state index is 0.0808. The maximum atomic E-state index is 12.4. The Morgan fingerprint density at radius 3 is 2.81 bits per heavy atom. The lowest BCUT2D eigenvalue weighted by molar-refractivity contribution is -0.150. The second-order valence-electron chi connectivity index (χ2n) is 7.92. The van der Waals surface area contributed by atoms with Crippen LogP contribution in [0.5, 0.6) is 0 Å². The molecule has 1 aliphatic heterocycles. The third kappa shape index (κ3) is 3.79. The van der Waals surface area contributed by atoms with Gasteiger partial charge in [0.1, 0.15) is 0 Å². The number of carbonyl (C=O) groups is 1. The van der Waals surface area contributed by atoms with Crippen LogP contribution in [0.15, 0.2) is 35.7 Å². The van der Waals surface area contributed by atoms with Gasteiger partial charge in [0.05, 0.1) is 12.5 Å². The van der Waals surface area contributed by atoms with Crippen molar-refractivity contribution >= 4 is 45.3 Å². The summed E-state index contributed by atoms with van der Waals surface area (Å²) in [6, 6.07) is 8.77. The van der Waals surface area contributed by atoms with Crippen molar-refractivity contribution in [2.75, 3.05) is 6.61 Å². The van der Waals surface area contributed by atoms with Gasteiger partial charge < -0.3 is 4.74 Å². The molecular weight excluding hydrogens is 392 g/mol. The van der Waals surface area contributed by atoms with Crippen molar-refractivity contribution in [2.24, 2.45) is 17.8 Å². The molecule has 3 heterocycles. The van der Waals surface area contributed by atoms with Gasteiger partial charge in [-0.3, -0.25) is 4.79 Å². The van der Waals surface area contributed by atoms with Gasteiger partial charge >= 0.3 is 5.97 Å². The topological polar surface area (TPSA) is 26.3 Å². The summed E-state index contributed by atoms with van der Waals surface area (Å²) in [6.45, 7) is 0.580. The van der Waals surface area contributed by atoms with Gasteiger partial charge in [-0.05, 0) is 67.5 Å². The molecule has 2 nitrogen and oxygen atoms in total. The smallest absolute Gasteiger partial charge is 0.309 e. The van der Waals surface area contributed by atoms with Crippen LogP contribution >= 0.6 is 34.4 Å². The SMILES string of the molecule is O=C(OCCC1CC=C(c2ccc(-c3cccs3)s2)S1)C1CC2CCC1C2. The molecule has 3 aliphatic rings. The van der Waals surface area contributed by atoms with Gasteiger partial charge in [-0.15, -0.1) is 34.4 Å². The molecule has 2 aliphatic carbocycles. The summed E-state index contributed by atoms with van der Waals surface area (Å²) < 4.78 is 5.66. The number of ether oxygens (including phenoxy) is 1. The number of esters is 1. The van der Waals surface area contributed by atoms with E-state index in [0.29, 0.717) is 17.8 Å². The lowest BCUT2D eigenvalue weighted by Gasteiger charge is -2.20. The van der Waals surface area contributed by atoms with Gasteiger partial charge in [0.15, 0.2) is 0 Å². The van der Waals surface area contributed by atoms with E-state index in [1.54, 1.807) is 11.3 Å². The first-order valence-corrected chi connectivity index (χ1v) is 12.5. The predicted molar refractivity (Wildman–Crippen MR) is 116 cm³/mol. The minimum atomic E-state index is 0.0808. The van der Waals surface area contributed by atoms with E-state index in [-0.39, 0.29) is 11.9 Å². The van der Waals surface area contributed by atoms with Gasteiger partial charge in [0.2, 0.25) is 0 Å². The molecule has 2 saturated carbocycles. The Balaban J connectivity index is 1.09. The van der Waals surface area contributed by atoms with Crippen LogP contribution in [-0.2, 0) is 9.53 Å². The zero-order valence-electron chi connectivity index (χ0n) is 15.3. The fraction of sp³-hybridized carbons (Fsp3) is 0.500. The van der Waals surface area contributed by atoms with E-state index in [9.17, 15) is 4.79 Å². The summed E-state index contributed by atoms with van der Waals surface area (Å²) in [5.41, 5.74) is 0. The molecule has 0 spiro atoms. The Hall–Kier alpha value is -1.04. The van der Waals surface area contributed by atoms with Crippen LogP contribution in [0.25, 0.3) is 14.7 Å². The van der Waals surface area contributed by atoms with E-state index in [4.69, 9.17) is 4.74 Å². The third-order valence-electron chi connectivity index (χ3n) is 6.20.